The summed E-state index contributed by atoms with van der Waals surface area (Å²) in [6.45, 7) is 8.41. The maximum absolute atomic E-state index is 12.6. The van der Waals surface area contributed by atoms with E-state index in [0.29, 0.717) is 12.2 Å². The van der Waals surface area contributed by atoms with Crippen LogP contribution in [0.1, 0.15) is 48.4 Å². The lowest BCUT2D eigenvalue weighted by molar-refractivity contribution is 0.0907. The lowest BCUT2D eigenvalue weighted by Gasteiger charge is -2.14. The number of carbonyl (C=O) groups excluding carboxylic acids is 1. The normalized spacial score (nSPS) is 12.9. The van der Waals surface area contributed by atoms with Crippen LogP contribution in [0.25, 0.3) is 11.0 Å². The first kappa shape index (κ1) is 16.4. The van der Waals surface area contributed by atoms with Gasteiger partial charge in [-0.15, -0.1) is 0 Å². The largest absolute Gasteiger partial charge is 0.383 e. The van der Waals surface area contributed by atoms with Crippen molar-refractivity contribution in [2.75, 3.05) is 13.7 Å². The topological polar surface area (TPSA) is 69.0 Å². The molecule has 0 bridgehead atoms. The van der Waals surface area contributed by atoms with Gasteiger partial charge in [-0.25, -0.2) is 4.98 Å². The van der Waals surface area contributed by atoms with Crippen LogP contribution in [-0.4, -0.2) is 40.4 Å². The van der Waals surface area contributed by atoms with E-state index >= 15 is 0 Å². The van der Waals surface area contributed by atoms with E-state index in [1.54, 1.807) is 11.8 Å². The summed E-state index contributed by atoms with van der Waals surface area (Å²) < 4.78 is 6.80. The number of amides is 1. The van der Waals surface area contributed by atoms with E-state index in [0.717, 1.165) is 22.4 Å². The summed E-state index contributed by atoms with van der Waals surface area (Å²) in [5, 5.41) is 8.18. The van der Waals surface area contributed by atoms with Crippen LogP contribution in [0.4, 0.5) is 0 Å². The first-order chi connectivity index (χ1) is 10.3. The number of nitrogens with one attached hydrogen (secondary N) is 1. The fourth-order valence-corrected chi connectivity index (χ4v) is 2.53. The maximum atomic E-state index is 12.6. The molecule has 0 unspecified atom stereocenters. The van der Waals surface area contributed by atoms with Gasteiger partial charge in [0.05, 0.1) is 23.3 Å². The smallest absolute Gasteiger partial charge is 0.252 e. The number of hydrogen-bond acceptors (Lipinski definition) is 4. The van der Waals surface area contributed by atoms with Gasteiger partial charge in [0.25, 0.3) is 5.91 Å². The maximum Gasteiger partial charge on any atom is 0.252 e. The number of aromatic nitrogens is 3. The van der Waals surface area contributed by atoms with Crippen molar-refractivity contribution in [2.45, 2.75) is 39.7 Å². The molecule has 0 aliphatic carbocycles. The third kappa shape index (κ3) is 3.11. The molecule has 0 radical (unpaired) electrons. The second-order valence-corrected chi connectivity index (χ2v) is 5.99. The van der Waals surface area contributed by atoms with Gasteiger partial charge in [0.1, 0.15) is 0 Å². The molecule has 2 aromatic heterocycles. The molecular formula is C16H24N4O2. The van der Waals surface area contributed by atoms with Gasteiger partial charge < -0.3 is 10.1 Å². The minimum absolute atomic E-state index is 0.0554. The monoisotopic (exact) mass is 304 g/mol. The number of hydrogen-bond donors (Lipinski definition) is 1. The summed E-state index contributed by atoms with van der Waals surface area (Å²) in [4.78, 5) is 17.3. The number of pyridine rings is 1. The summed E-state index contributed by atoms with van der Waals surface area (Å²) in [6, 6.07) is 1.82. The Kier molecular flexibility index (Phi) is 4.81. The quantitative estimate of drug-likeness (QED) is 0.919. The predicted octanol–water partition coefficient (Wildman–Crippen LogP) is 2.16. The Hall–Kier alpha value is -1.95. The Bertz CT molecular complexity index is 691. The molecule has 0 fully saturated rings. The molecule has 0 saturated carbocycles. The molecule has 0 spiro atoms. The third-order valence-electron chi connectivity index (χ3n) is 3.62. The van der Waals surface area contributed by atoms with Gasteiger partial charge in [0, 0.05) is 25.9 Å². The van der Waals surface area contributed by atoms with E-state index in [1.807, 2.05) is 27.0 Å². The molecule has 2 aromatic rings. The zero-order valence-electron chi connectivity index (χ0n) is 14.1. The van der Waals surface area contributed by atoms with E-state index in [2.05, 4.69) is 29.2 Å². The molecule has 0 saturated heterocycles. The molecule has 0 aliphatic rings. The van der Waals surface area contributed by atoms with E-state index < -0.39 is 0 Å². The van der Waals surface area contributed by atoms with E-state index in [1.165, 1.54) is 0 Å². The first-order valence-corrected chi connectivity index (χ1v) is 7.49. The zero-order chi connectivity index (χ0) is 16.4. The van der Waals surface area contributed by atoms with Crippen molar-refractivity contribution in [3.63, 3.8) is 0 Å². The molecule has 0 aliphatic heterocycles. The van der Waals surface area contributed by atoms with Crippen LogP contribution in [-0.2, 0) is 11.8 Å². The molecule has 2 rings (SSSR count). The second kappa shape index (κ2) is 6.44. The summed E-state index contributed by atoms with van der Waals surface area (Å²) in [5.74, 6) is 0.123. The number of methoxy groups -OCH3 is 1. The van der Waals surface area contributed by atoms with E-state index in [-0.39, 0.29) is 17.9 Å². The average molecular weight is 304 g/mol. The molecule has 6 nitrogen and oxygen atoms in total. The Morgan fingerprint density at radius 2 is 2.09 bits per heavy atom. The molecule has 1 N–H and O–H groups in total. The van der Waals surface area contributed by atoms with Gasteiger partial charge in [0.2, 0.25) is 0 Å². The van der Waals surface area contributed by atoms with Crippen molar-refractivity contribution < 1.29 is 9.53 Å². The fraction of sp³-hybridized carbons (Fsp3) is 0.562. The highest BCUT2D eigenvalue weighted by Gasteiger charge is 2.20. The van der Waals surface area contributed by atoms with E-state index in [9.17, 15) is 4.79 Å². The minimum atomic E-state index is -0.116. The van der Waals surface area contributed by atoms with Crippen molar-refractivity contribution in [3.8, 4) is 0 Å². The van der Waals surface area contributed by atoms with Crippen LogP contribution in [0, 0.1) is 6.92 Å². The van der Waals surface area contributed by atoms with Gasteiger partial charge in [-0.3, -0.25) is 9.48 Å². The minimum Gasteiger partial charge on any atom is -0.383 e. The number of nitrogens with zero attached hydrogens (tertiary/aromatic N) is 3. The van der Waals surface area contributed by atoms with Crippen molar-refractivity contribution in [1.82, 2.24) is 20.1 Å². The highest BCUT2D eigenvalue weighted by atomic mass is 16.5. The van der Waals surface area contributed by atoms with Gasteiger partial charge in [-0.2, -0.15) is 5.10 Å². The SMILES string of the molecule is COC[C@@H](C)NC(=O)c1cc(C(C)C)nc2c1c(C)nn2C. The molecule has 2 heterocycles. The molecule has 0 aromatic carbocycles. The van der Waals surface area contributed by atoms with E-state index in [4.69, 9.17) is 4.74 Å². The molecule has 6 heteroatoms. The number of fused-ring (bicyclic) bond motifs is 1. The van der Waals surface area contributed by atoms with Gasteiger partial charge in [-0.1, -0.05) is 13.8 Å². The summed E-state index contributed by atoms with van der Waals surface area (Å²) >= 11 is 0. The lowest BCUT2D eigenvalue weighted by Crippen LogP contribution is -2.35. The Balaban J connectivity index is 2.53. The van der Waals surface area contributed by atoms with Crippen LogP contribution in [0.5, 0.6) is 0 Å². The molecule has 1 amide bonds. The lowest BCUT2D eigenvalue weighted by atomic mass is 10.0. The number of rotatable bonds is 5. The third-order valence-corrected chi connectivity index (χ3v) is 3.62. The first-order valence-electron chi connectivity index (χ1n) is 7.49. The molecular weight excluding hydrogens is 280 g/mol. The van der Waals surface area contributed by atoms with Crippen LogP contribution < -0.4 is 5.32 Å². The summed E-state index contributed by atoms with van der Waals surface area (Å²) in [6.07, 6.45) is 0. The van der Waals surface area contributed by atoms with Crippen molar-refractivity contribution >= 4 is 16.9 Å². The van der Waals surface area contributed by atoms with Crippen molar-refractivity contribution in [3.05, 3.63) is 23.0 Å². The summed E-state index contributed by atoms with van der Waals surface area (Å²) in [5.41, 5.74) is 3.07. The van der Waals surface area contributed by atoms with Crippen molar-refractivity contribution in [1.29, 1.82) is 0 Å². The van der Waals surface area contributed by atoms with Crippen LogP contribution in [0.2, 0.25) is 0 Å². The Morgan fingerprint density at radius 1 is 1.41 bits per heavy atom. The Labute approximate surface area is 130 Å². The van der Waals surface area contributed by atoms with Gasteiger partial charge in [0.15, 0.2) is 5.65 Å². The van der Waals surface area contributed by atoms with Crippen molar-refractivity contribution in [2.24, 2.45) is 7.05 Å². The average Bonchev–Trinajstić information content (AvgIpc) is 2.73. The number of carbonyl (C=O) groups is 1. The second-order valence-electron chi connectivity index (χ2n) is 5.99. The zero-order valence-corrected chi connectivity index (χ0v) is 14.1. The summed E-state index contributed by atoms with van der Waals surface area (Å²) in [7, 11) is 3.47. The number of ether oxygens (including phenoxy) is 1. The highest BCUT2D eigenvalue weighted by Crippen LogP contribution is 2.24. The van der Waals surface area contributed by atoms with Crippen LogP contribution in [0.15, 0.2) is 6.07 Å². The standard InChI is InChI=1S/C16H24N4O2/c1-9(2)13-7-12(16(21)17-10(3)8-22-6)14-11(4)19-20(5)15(14)18-13/h7,9-10H,8H2,1-6H3,(H,17,21)/t10-/m1/s1. The molecule has 120 valence electrons. The molecule has 1 atom stereocenters. The van der Waals surface area contributed by atoms with Crippen LogP contribution in [0.3, 0.4) is 0 Å². The highest BCUT2D eigenvalue weighted by molar-refractivity contribution is 6.06. The molecule has 22 heavy (non-hydrogen) atoms. The Morgan fingerprint density at radius 3 is 2.68 bits per heavy atom. The van der Waals surface area contributed by atoms with Gasteiger partial charge >= 0.3 is 0 Å². The predicted molar refractivity (Wildman–Crippen MR) is 86.1 cm³/mol. The van der Waals surface area contributed by atoms with Gasteiger partial charge in [-0.05, 0) is 25.8 Å². The number of aryl methyl sites for hydroxylation is 2. The fourth-order valence-electron chi connectivity index (χ4n) is 2.53. The van der Waals surface area contributed by atoms with Crippen LogP contribution >= 0.6 is 0 Å².